The van der Waals surface area contributed by atoms with Gasteiger partial charge in [0.25, 0.3) is 0 Å². The van der Waals surface area contributed by atoms with Crippen LogP contribution in [0.25, 0.3) is 0 Å². The van der Waals surface area contributed by atoms with E-state index in [9.17, 15) is 4.79 Å². The zero-order valence-electron chi connectivity index (χ0n) is 14.9. The fourth-order valence-electron chi connectivity index (χ4n) is 2.44. The molecule has 1 atom stereocenters. The maximum Gasteiger partial charge on any atom is 0.237 e. The molecular formula is C19H26N4O. The lowest BCUT2D eigenvalue weighted by atomic mass is 10.0. The topological polar surface area (TPSA) is 48.5 Å². The second-order valence-electron chi connectivity index (χ2n) is 6.31. The SMILES string of the molecule is CN(C)c1ccc(CNC(=O)[C@@H](Cc2ccccc2)N(C)C)cn1. The molecule has 0 aliphatic carbocycles. The van der Waals surface area contributed by atoms with Gasteiger partial charge in [-0.15, -0.1) is 0 Å². The van der Waals surface area contributed by atoms with Crippen molar-refractivity contribution in [2.75, 3.05) is 33.1 Å². The number of carbonyl (C=O) groups excluding carboxylic acids is 1. The van der Waals surface area contributed by atoms with E-state index in [1.807, 2.05) is 80.5 Å². The molecule has 2 aromatic rings. The molecule has 0 radical (unpaired) electrons. The summed E-state index contributed by atoms with van der Waals surface area (Å²) in [5.41, 5.74) is 2.15. The minimum absolute atomic E-state index is 0.0283. The van der Waals surface area contributed by atoms with Crippen LogP contribution in [0.2, 0.25) is 0 Å². The maximum atomic E-state index is 12.6. The third-order valence-electron chi connectivity index (χ3n) is 3.93. The van der Waals surface area contributed by atoms with Gasteiger partial charge in [0.1, 0.15) is 5.82 Å². The van der Waals surface area contributed by atoms with Crippen molar-refractivity contribution in [3.8, 4) is 0 Å². The summed E-state index contributed by atoms with van der Waals surface area (Å²) in [6, 6.07) is 13.8. The second kappa shape index (κ2) is 8.45. The van der Waals surface area contributed by atoms with E-state index >= 15 is 0 Å². The Bertz CT molecular complexity index is 638. The Hall–Kier alpha value is -2.40. The maximum absolute atomic E-state index is 12.6. The lowest BCUT2D eigenvalue weighted by Crippen LogP contribution is -2.44. The van der Waals surface area contributed by atoms with Gasteiger partial charge in [-0.25, -0.2) is 4.98 Å². The fraction of sp³-hybridized carbons (Fsp3) is 0.368. The average Bonchev–Trinajstić information content (AvgIpc) is 2.58. The molecule has 5 nitrogen and oxygen atoms in total. The molecule has 1 aromatic heterocycles. The van der Waals surface area contributed by atoms with Crippen molar-refractivity contribution in [2.24, 2.45) is 0 Å². The van der Waals surface area contributed by atoms with Crippen LogP contribution >= 0.6 is 0 Å². The van der Waals surface area contributed by atoms with E-state index in [4.69, 9.17) is 0 Å². The average molecular weight is 326 g/mol. The molecule has 1 heterocycles. The number of pyridine rings is 1. The molecule has 0 saturated carbocycles. The largest absolute Gasteiger partial charge is 0.363 e. The Balaban J connectivity index is 1.95. The summed E-state index contributed by atoms with van der Waals surface area (Å²) in [7, 11) is 7.77. The molecule has 0 bridgehead atoms. The summed E-state index contributed by atoms with van der Waals surface area (Å²) in [5, 5.41) is 3.02. The smallest absolute Gasteiger partial charge is 0.237 e. The number of benzene rings is 1. The summed E-state index contributed by atoms with van der Waals surface area (Å²) >= 11 is 0. The van der Waals surface area contributed by atoms with Gasteiger partial charge in [-0.2, -0.15) is 0 Å². The van der Waals surface area contributed by atoms with E-state index in [0.717, 1.165) is 16.9 Å². The predicted molar refractivity (Wildman–Crippen MR) is 98.0 cm³/mol. The fourth-order valence-corrected chi connectivity index (χ4v) is 2.44. The first-order valence-electron chi connectivity index (χ1n) is 8.07. The summed E-state index contributed by atoms with van der Waals surface area (Å²) in [6.07, 6.45) is 2.50. The molecule has 0 saturated heterocycles. The highest BCUT2D eigenvalue weighted by atomic mass is 16.2. The number of anilines is 1. The van der Waals surface area contributed by atoms with Crippen molar-refractivity contribution in [1.82, 2.24) is 15.2 Å². The molecule has 1 aromatic carbocycles. The molecular weight excluding hydrogens is 300 g/mol. The van der Waals surface area contributed by atoms with Crippen molar-refractivity contribution < 1.29 is 4.79 Å². The van der Waals surface area contributed by atoms with Crippen LogP contribution in [0.5, 0.6) is 0 Å². The van der Waals surface area contributed by atoms with Crippen LogP contribution in [0.15, 0.2) is 48.7 Å². The molecule has 0 aliphatic heterocycles. The zero-order valence-corrected chi connectivity index (χ0v) is 14.9. The van der Waals surface area contributed by atoms with Crippen LogP contribution in [-0.2, 0) is 17.8 Å². The number of amides is 1. The summed E-state index contributed by atoms with van der Waals surface area (Å²) in [6.45, 7) is 0.485. The first kappa shape index (κ1) is 17.9. The number of likely N-dealkylation sites (N-methyl/N-ethyl adjacent to an activating group) is 1. The monoisotopic (exact) mass is 326 g/mol. The van der Waals surface area contributed by atoms with Gasteiger partial charge < -0.3 is 10.2 Å². The summed E-state index contributed by atoms with van der Waals surface area (Å²) < 4.78 is 0. The van der Waals surface area contributed by atoms with Gasteiger partial charge in [0.15, 0.2) is 0 Å². The lowest BCUT2D eigenvalue weighted by molar-refractivity contribution is -0.125. The first-order chi connectivity index (χ1) is 11.5. The molecule has 1 amide bonds. The Labute approximate surface area is 144 Å². The van der Waals surface area contributed by atoms with Crippen molar-refractivity contribution in [3.05, 3.63) is 59.8 Å². The van der Waals surface area contributed by atoms with Gasteiger partial charge in [-0.05, 0) is 37.7 Å². The van der Waals surface area contributed by atoms with E-state index in [1.165, 1.54) is 0 Å². The predicted octanol–water partition coefficient (Wildman–Crippen LogP) is 1.94. The number of nitrogens with zero attached hydrogens (tertiary/aromatic N) is 3. The number of rotatable bonds is 7. The third-order valence-corrected chi connectivity index (χ3v) is 3.93. The van der Waals surface area contributed by atoms with E-state index in [2.05, 4.69) is 10.3 Å². The molecule has 2 rings (SSSR count). The van der Waals surface area contributed by atoms with E-state index in [0.29, 0.717) is 13.0 Å². The number of nitrogens with one attached hydrogen (secondary N) is 1. The van der Waals surface area contributed by atoms with Gasteiger partial charge in [0.2, 0.25) is 5.91 Å². The molecule has 0 fully saturated rings. The number of aromatic nitrogens is 1. The highest BCUT2D eigenvalue weighted by Gasteiger charge is 2.20. The highest BCUT2D eigenvalue weighted by molar-refractivity contribution is 5.82. The minimum atomic E-state index is -0.193. The normalized spacial score (nSPS) is 12.0. The molecule has 128 valence electrons. The lowest BCUT2D eigenvalue weighted by Gasteiger charge is -2.23. The van der Waals surface area contributed by atoms with Gasteiger partial charge in [0.05, 0.1) is 6.04 Å². The number of hydrogen-bond acceptors (Lipinski definition) is 4. The van der Waals surface area contributed by atoms with Gasteiger partial charge in [0, 0.05) is 26.8 Å². The van der Waals surface area contributed by atoms with E-state index in [1.54, 1.807) is 6.20 Å². The van der Waals surface area contributed by atoms with Crippen molar-refractivity contribution in [2.45, 2.75) is 19.0 Å². The Kier molecular flexibility index (Phi) is 6.32. The molecule has 5 heteroatoms. The zero-order chi connectivity index (χ0) is 17.5. The Morgan fingerprint density at radius 1 is 1.04 bits per heavy atom. The third kappa shape index (κ3) is 5.06. The molecule has 1 N–H and O–H groups in total. The molecule has 24 heavy (non-hydrogen) atoms. The summed E-state index contributed by atoms with van der Waals surface area (Å²) in [5.74, 6) is 0.931. The van der Waals surface area contributed by atoms with E-state index in [-0.39, 0.29) is 11.9 Å². The molecule has 0 aliphatic rings. The highest BCUT2D eigenvalue weighted by Crippen LogP contribution is 2.09. The quantitative estimate of drug-likeness (QED) is 0.845. The number of hydrogen-bond donors (Lipinski definition) is 1. The summed E-state index contributed by atoms with van der Waals surface area (Å²) in [4.78, 5) is 20.8. The second-order valence-corrected chi connectivity index (χ2v) is 6.31. The molecule has 0 unspecified atom stereocenters. The van der Waals surface area contributed by atoms with Crippen LogP contribution in [0.4, 0.5) is 5.82 Å². The van der Waals surface area contributed by atoms with Crippen LogP contribution in [0.3, 0.4) is 0 Å². The van der Waals surface area contributed by atoms with Crippen molar-refractivity contribution >= 4 is 11.7 Å². The van der Waals surface area contributed by atoms with Gasteiger partial charge >= 0.3 is 0 Å². The van der Waals surface area contributed by atoms with Crippen LogP contribution in [0.1, 0.15) is 11.1 Å². The van der Waals surface area contributed by atoms with Crippen LogP contribution in [0, 0.1) is 0 Å². The van der Waals surface area contributed by atoms with Crippen LogP contribution < -0.4 is 10.2 Å². The van der Waals surface area contributed by atoms with Gasteiger partial charge in [-0.1, -0.05) is 36.4 Å². The Morgan fingerprint density at radius 3 is 2.29 bits per heavy atom. The molecule has 0 spiro atoms. The van der Waals surface area contributed by atoms with Crippen LogP contribution in [-0.4, -0.2) is 50.0 Å². The Morgan fingerprint density at radius 2 is 1.75 bits per heavy atom. The number of carbonyl (C=O) groups is 1. The van der Waals surface area contributed by atoms with E-state index < -0.39 is 0 Å². The van der Waals surface area contributed by atoms with Gasteiger partial charge in [-0.3, -0.25) is 9.69 Å². The first-order valence-corrected chi connectivity index (χ1v) is 8.07. The standard InChI is InChI=1S/C19H26N4O/c1-22(2)17(12-15-8-6-5-7-9-15)19(24)21-14-16-10-11-18(20-13-16)23(3)4/h5-11,13,17H,12,14H2,1-4H3,(H,21,24)/t17-/m1/s1. The van der Waals surface area contributed by atoms with Crippen molar-refractivity contribution in [3.63, 3.8) is 0 Å². The minimum Gasteiger partial charge on any atom is -0.363 e. The van der Waals surface area contributed by atoms with Crippen molar-refractivity contribution in [1.29, 1.82) is 0 Å².